The molecule has 0 fully saturated rings. The zero-order valence-electron chi connectivity index (χ0n) is 14.5. The number of aromatic amines is 1. The highest BCUT2D eigenvalue weighted by Crippen LogP contribution is 2.40. The summed E-state index contributed by atoms with van der Waals surface area (Å²) >= 11 is 0. The molecule has 0 amide bonds. The van der Waals surface area contributed by atoms with Gasteiger partial charge in [-0.1, -0.05) is 54.6 Å². The van der Waals surface area contributed by atoms with E-state index in [0.29, 0.717) is 12.4 Å². The Balaban J connectivity index is 1.66. The normalized spacial score (nSPS) is 16.4. The Kier molecular flexibility index (Phi) is 3.94. The molecular formula is C21H22N2O2. The van der Waals surface area contributed by atoms with Crippen LogP contribution in [0.4, 0.5) is 0 Å². The summed E-state index contributed by atoms with van der Waals surface area (Å²) in [6, 6.07) is 18.4. The van der Waals surface area contributed by atoms with Gasteiger partial charge in [0.25, 0.3) is 0 Å². The predicted octanol–water partition coefficient (Wildman–Crippen LogP) is 4.12. The first-order valence-electron chi connectivity index (χ1n) is 8.59. The summed E-state index contributed by atoms with van der Waals surface area (Å²) < 4.78 is 6.24. The van der Waals surface area contributed by atoms with Crippen molar-refractivity contribution in [1.82, 2.24) is 9.97 Å². The topological polar surface area (TPSA) is 58.1 Å². The van der Waals surface area contributed by atoms with Crippen molar-refractivity contribution in [2.24, 2.45) is 0 Å². The third-order valence-electron chi connectivity index (χ3n) is 4.60. The first-order valence-corrected chi connectivity index (χ1v) is 8.59. The maximum absolute atomic E-state index is 10.3. The Morgan fingerprint density at radius 2 is 1.84 bits per heavy atom. The van der Waals surface area contributed by atoms with Crippen molar-refractivity contribution < 1.29 is 9.84 Å². The van der Waals surface area contributed by atoms with E-state index in [1.807, 2.05) is 30.3 Å². The van der Waals surface area contributed by atoms with Crippen molar-refractivity contribution in [2.45, 2.75) is 38.6 Å². The minimum absolute atomic E-state index is 0.0287. The van der Waals surface area contributed by atoms with E-state index in [4.69, 9.17) is 4.74 Å². The molecule has 2 aromatic carbocycles. The number of rotatable bonds is 4. The molecule has 0 radical (unpaired) electrons. The van der Waals surface area contributed by atoms with Gasteiger partial charge in [-0.2, -0.15) is 0 Å². The molecule has 0 bridgehead atoms. The molecule has 25 heavy (non-hydrogen) atoms. The van der Waals surface area contributed by atoms with Crippen LogP contribution < -0.4 is 0 Å². The largest absolute Gasteiger partial charge is 0.383 e. The molecule has 4 rings (SSSR count). The highest BCUT2D eigenvalue weighted by atomic mass is 16.5. The van der Waals surface area contributed by atoms with E-state index in [2.05, 4.69) is 34.2 Å². The molecule has 3 aromatic rings. The van der Waals surface area contributed by atoms with Gasteiger partial charge < -0.3 is 14.8 Å². The maximum atomic E-state index is 10.3. The molecule has 1 unspecified atom stereocenters. The number of benzene rings is 2. The van der Waals surface area contributed by atoms with Crippen LogP contribution in [0, 0.1) is 0 Å². The molecule has 0 aliphatic heterocycles. The lowest BCUT2D eigenvalue weighted by atomic mass is 9.90. The number of nitrogens with zero attached hydrogens (tertiary/aromatic N) is 1. The van der Waals surface area contributed by atoms with Crippen LogP contribution in [-0.4, -0.2) is 15.1 Å². The summed E-state index contributed by atoms with van der Waals surface area (Å²) in [5.41, 5.74) is 4.34. The summed E-state index contributed by atoms with van der Waals surface area (Å²) in [7, 11) is 0. The molecule has 0 spiro atoms. The standard InChI is InChI=1S/C21H22N2O2/c1-21(2,24)20-22-17-12-18(25-13-14-8-4-3-5-9-14)15-10-6-7-11-16(15)19(17)23-20/h3-11,18,24H,12-13H2,1-2H3,(H,22,23). The van der Waals surface area contributed by atoms with E-state index in [1.54, 1.807) is 13.8 Å². The zero-order valence-corrected chi connectivity index (χ0v) is 14.5. The van der Waals surface area contributed by atoms with Gasteiger partial charge in [-0.25, -0.2) is 4.98 Å². The van der Waals surface area contributed by atoms with Gasteiger partial charge >= 0.3 is 0 Å². The number of aromatic nitrogens is 2. The smallest absolute Gasteiger partial charge is 0.138 e. The number of H-pyrrole nitrogens is 1. The predicted molar refractivity (Wildman–Crippen MR) is 96.9 cm³/mol. The number of nitrogens with one attached hydrogen (secondary N) is 1. The highest BCUT2D eigenvalue weighted by Gasteiger charge is 2.31. The van der Waals surface area contributed by atoms with E-state index >= 15 is 0 Å². The van der Waals surface area contributed by atoms with E-state index in [1.165, 1.54) is 0 Å². The van der Waals surface area contributed by atoms with Crippen LogP contribution in [0.3, 0.4) is 0 Å². The van der Waals surface area contributed by atoms with E-state index < -0.39 is 5.60 Å². The number of fused-ring (bicyclic) bond motifs is 3. The lowest BCUT2D eigenvalue weighted by Crippen LogP contribution is -2.17. The fraction of sp³-hybridized carbons (Fsp3) is 0.286. The Bertz CT molecular complexity index is 878. The summed E-state index contributed by atoms with van der Waals surface area (Å²) in [5, 5.41) is 10.3. The summed E-state index contributed by atoms with van der Waals surface area (Å²) in [4.78, 5) is 7.96. The van der Waals surface area contributed by atoms with Crippen LogP contribution in [0.15, 0.2) is 54.6 Å². The minimum Gasteiger partial charge on any atom is -0.383 e. The fourth-order valence-electron chi connectivity index (χ4n) is 3.28. The number of imidazole rings is 1. The molecule has 2 N–H and O–H groups in total. The molecule has 1 atom stereocenters. The fourth-order valence-corrected chi connectivity index (χ4v) is 3.28. The van der Waals surface area contributed by atoms with E-state index in [9.17, 15) is 5.11 Å². The van der Waals surface area contributed by atoms with Gasteiger partial charge in [-0.05, 0) is 25.0 Å². The van der Waals surface area contributed by atoms with E-state index in [-0.39, 0.29) is 6.10 Å². The maximum Gasteiger partial charge on any atom is 0.138 e. The summed E-state index contributed by atoms with van der Waals surface area (Å²) in [6.07, 6.45) is 0.696. The highest BCUT2D eigenvalue weighted by molar-refractivity contribution is 5.69. The Labute approximate surface area is 147 Å². The minimum atomic E-state index is -0.993. The van der Waals surface area contributed by atoms with Gasteiger partial charge in [-0.3, -0.25) is 0 Å². The summed E-state index contributed by atoms with van der Waals surface area (Å²) in [6.45, 7) is 4.06. The lowest BCUT2D eigenvalue weighted by Gasteiger charge is -2.25. The van der Waals surface area contributed by atoms with Crippen LogP contribution in [0.25, 0.3) is 11.3 Å². The third-order valence-corrected chi connectivity index (χ3v) is 4.60. The average molecular weight is 334 g/mol. The molecule has 0 saturated heterocycles. The number of hydrogen-bond donors (Lipinski definition) is 2. The van der Waals surface area contributed by atoms with Crippen molar-refractivity contribution >= 4 is 0 Å². The SMILES string of the molecule is CC(C)(O)c1nc2c([nH]1)CC(OCc1ccccc1)c1ccccc1-2. The quantitative estimate of drug-likeness (QED) is 0.754. The van der Waals surface area contributed by atoms with Crippen LogP contribution in [0.1, 0.15) is 42.6 Å². The van der Waals surface area contributed by atoms with Gasteiger partial charge in [0.15, 0.2) is 0 Å². The first kappa shape index (κ1) is 16.1. The monoisotopic (exact) mass is 334 g/mol. The zero-order chi connectivity index (χ0) is 17.4. The van der Waals surface area contributed by atoms with Gasteiger partial charge in [0.1, 0.15) is 11.4 Å². The van der Waals surface area contributed by atoms with Crippen molar-refractivity contribution in [3.05, 3.63) is 77.2 Å². The number of aliphatic hydroxyl groups is 1. The Hall–Kier alpha value is -2.43. The molecular weight excluding hydrogens is 312 g/mol. The molecule has 1 heterocycles. The Morgan fingerprint density at radius 3 is 2.60 bits per heavy atom. The number of ether oxygens (including phenoxy) is 1. The van der Waals surface area contributed by atoms with Crippen molar-refractivity contribution in [3.8, 4) is 11.3 Å². The molecule has 128 valence electrons. The van der Waals surface area contributed by atoms with Gasteiger partial charge in [-0.15, -0.1) is 0 Å². The molecule has 1 aliphatic carbocycles. The second kappa shape index (κ2) is 6.14. The average Bonchev–Trinajstić information content (AvgIpc) is 3.05. The second-order valence-electron chi connectivity index (χ2n) is 7.05. The van der Waals surface area contributed by atoms with Crippen molar-refractivity contribution in [3.63, 3.8) is 0 Å². The van der Waals surface area contributed by atoms with Crippen LogP contribution in [0.2, 0.25) is 0 Å². The Morgan fingerprint density at radius 1 is 1.12 bits per heavy atom. The van der Waals surface area contributed by atoms with Gasteiger partial charge in [0.2, 0.25) is 0 Å². The lowest BCUT2D eigenvalue weighted by molar-refractivity contribution is 0.0384. The van der Waals surface area contributed by atoms with Crippen LogP contribution >= 0.6 is 0 Å². The molecule has 1 aliphatic rings. The van der Waals surface area contributed by atoms with Crippen LogP contribution in [-0.2, 0) is 23.4 Å². The first-order chi connectivity index (χ1) is 12.0. The second-order valence-corrected chi connectivity index (χ2v) is 7.05. The van der Waals surface area contributed by atoms with Gasteiger partial charge in [0, 0.05) is 17.7 Å². The molecule has 4 heteroatoms. The summed E-state index contributed by atoms with van der Waals surface area (Å²) in [5.74, 6) is 0.594. The molecule has 1 aromatic heterocycles. The van der Waals surface area contributed by atoms with Crippen molar-refractivity contribution in [2.75, 3.05) is 0 Å². The third kappa shape index (κ3) is 3.11. The molecule has 0 saturated carbocycles. The number of hydrogen-bond acceptors (Lipinski definition) is 3. The van der Waals surface area contributed by atoms with E-state index in [0.717, 1.165) is 34.5 Å². The van der Waals surface area contributed by atoms with Gasteiger partial charge in [0.05, 0.1) is 18.4 Å². The van der Waals surface area contributed by atoms with Crippen molar-refractivity contribution in [1.29, 1.82) is 0 Å². The molecule has 4 nitrogen and oxygen atoms in total. The van der Waals surface area contributed by atoms with Crippen LogP contribution in [0.5, 0.6) is 0 Å².